The predicted octanol–water partition coefficient (Wildman–Crippen LogP) is 1.68. The Labute approximate surface area is 102 Å². The fourth-order valence-corrected chi connectivity index (χ4v) is 3.12. The third-order valence-electron chi connectivity index (χ3n) is 2.80. The van der Waals surface area contributed by atoms with Crippen molar-refractivity contribution in [1.29, 1.82) is 0 Å². The van der Waals surface area contributed by atoms with Crippen molar-refractivity contribution < 1.29 is 4.79 Å². The van der Waals surface area contributed by atoms with Gasteiger partial charge in [0.1, 0.15) is 5.82 Å². The second-order valence-electron chi connectivity index (χ2n) is 3.91. The standard InChI is InChI=1S/C12H11N3OS/c13-11-8(2-1-4-14-11)9-6-7-3-5-15-12(16)10(7)17-9/h1-2,4,6H,3,5H2,(H2,13,14)(H,15,16). The lowest BCUT2D eigenvalue weighted by molar-refractivity contribution is 0.0950. The van der Waals surface area contributed by atoms with Crippen molar-refractivity contribution in [2.24, 2.45) is 0 Å². The number of pyridine rings is 1. The minimum Gasteiger partial charge on any atom is -0.383 e. The van der Waals surface area contributed by atoms with Gasteiger partial charge in [0.15, 0.2) is 0 Å². The van der Waals surface area contributed by atoms with E-state index in [9.17, 15) is 4.79 Å². The SMILES string of the molecule is Nc1ncccc1-c1cc2c(s1)C(=O)NCC2. The molecule has 0 atom stereocenters. The Morgan fingerprint density at radius 1 is 1.47 bits per heavy atom. The number of nitrogens with one attached hydrogen (secondary N) is 1. The molecule has 0 spiro atoms. The number of nitrogens with two attached hydrogens (primary N) is 1. The lowest BCUT2D eigenvalue weighted by atomic mass is 10.1. The largest absolute Gasteiger partial charge is 0.383 e. The lowest BCUT2D eigenvalue weighted by Gasteiger charge is -2.10. The van der Waals surface area contributed by atoms with Crippen molar-refractivity contribution in [3.63, 3.8) is 0 Å². The van der Waals surface area contributed by atoms with Gasteiger partial charge in [-0.25, -0.2) is 4.98 Å². The number of nitrogen functional groups attached to an aromatic ring is 1. The van der Waals surface area contributed by atoms with Gasteiger partial charge in [-0.2, -0.15) is 0 Å². The molecule has 0 fully saturated rings. The Morgan fingerprint density at radius 3 is 3.12 bits per heavy atom. The summed E-state index contributed by atoms with van der Waals surface area (Å²) in [5.74, 6) is 0.525. The number of carbonyl (C=O) groups is 1. The van der Waals surface area contributed by atoms with Gasteiger partial charge < -0.3 is 11.1 Å². The highest BCUT2D eigenvalue weighted by Crippen LogP contribution is 2.34. The van der Waals surface area contributed by atoms with Gasteiger partial charge in [-0.05, 0) is 30.2 Å². The highest BCUT2D eigenvalue weighted by molar-refractivity contribution is 7.17. The van der Waals surface area contributed by atoms with Crippen LogP contribution in [0.15, 0.2) is 24.4 Å². The number of anilines is 1. The van der Waals surface area contributed by atoms with Gasteiger partial charge in [0.25, 0.3) is 5.91 Å². The summed E-state index contributed by atoms with van der Waals surface area (Å²) in [6, 6.07) is 5.83. The summed E-state index contributed by atoms with van der Waals surface area (Å²) in [6.45, 7) is 0.713. The van der Waals surface area contributed by atoms with Crippen LogP contribution in [0.5, 0.6) is 0 Å². The van der Waals surface area contributed by atoms with Crippen LogP contribution in [0.1, 0.15) is 15.2 Å². The topological polar surface area (TPSA) is 68.0 Å². The first kappa shape index (κ1) is 10.3. The maximum Gasteiger partial charge on any atom is 0.261 e. The van der Waals surface area contributed by atoms with Gasteiger partial charge in [0.05, 0.1) is 4.88 Å². The van der Waals surface area contributed by atoms with E-state index in [1.54, 1.807) is 6.20 Å². The molecule has 1 amide bonds. The van der Waals surface area contributed by atoms with Crippen LogP contribution in [0.3, 0.4) is 0 Å². The van der Waals surface area contributed by atoms with Crippen LogP contribution in [0.4, 0.5) is 5.82 Å². The number of aromatic nitrogens is 1. The summed E-state index contributed by atoms with van der Waals surface area (Å²) in [6.07, 6.45) is 2.55. The zero-order valence-electron chi connectivity index (χ0n) is 9.06. The fourth-order valence-electron chi connectivity index (χ4n) is 1.96. The Hall–Kier alpha value is -1.88. The van der Waals surface area contributed by atoms with Crippen molar-refractivity contribution in [2.45, 2.75) is 6.42 Å². The van der Waals surface area contributed by atoms with Gasteiger partial charge >= 0.3 is 0 Å². The molecule has 0 aliphatic carbocycles. The molecule has 0 saturated carbocycles. The molecule has 0 bridgehead atoms. The summed E-state index contributed by atoms with van der Waals surface area (Å²) in [5, 5.41) is 2.84. The average molecular weight is 245 g/mol. The van der Waals surface area contributed by atoms with E-state index >= 15 is 0 Å². The molecule has 0 saturated heterocycles. The van der Waals surface area contributed by atoms with Crippen LogP contribution >= 0.6 is 11.3 Å². The number of amides is 1. The first-order valence-corrected chi connectivity index (χ1v) is 6.19. The van der Waals surface area contributed by atoms with E-state index in [2.05, 4.69) is 10.3 Å². The molecule has 1 aliphatic rings. The minimum atomic E-state index is 0.0185. The van der Waals surface area contributed by atoms with Crippen LogP contribution in [-0.4, -0.2) is 17.4 Å². The molecule has 0 aromatic carbocycles. The molecule has 86 valence electrons. The molecule has 3 heterocycles. The molecule has 0 unspecified atom stereocenters. The first-order valence-electron chi connectivity index (χ1n) is 5.37. The zero-order chi connectivity index (χ0) is 11.8. The number of hydrogen-bond acceptors (Lipinski definition) is 4. The summed E-state index contributed by atoms with van der Waals surface area (Å²) >= 11 is 1.48. The van der Waals surface area contributed by atoms with Gasteiger partial charge in [-0.1, -0.05) is 0 Å². The van der Waals surface area contributed by atoms with E-state index in [0.29, 0.717) is 12.4 Å². The average Bonchev–Trinajstić information content (AvgIpc) is 2.75. The third kappa shape index (κ3) is 1.68. The van der Waals surface area contributed by atoms with Crippen LogP contribution < -0.4 is 11.1 Å². The van der Waals surface area contributed by atoms with Gasteiger partial charge in [0, 0.05) is 23.2 Å². The first-order chi connectivity index (χ1) is 8.25. The number of carbonyl (C=O) groups excluding carboxylic acids is 1. The van der Waals surface area contributed by atoms with Crippen LogP contribution in [0.2, 0.25) is 0 Å². The molecule has 0 radical (unpaired) electrons. The Morgan fingerprint density at radius 2 is 2.35 bits per heavy atom. The fraction of sp³-hybridized carbons (Fsp3) is 0.167. The summed E-state index contributed by atoms with van der Waals surface area (Å²) in [4.78, 5) is 17.5. The van der Waals surface area contributed by atoms with E-state index < -0.39 is 0 Å². The van der Waals surface area contributed by atoms with Gasteiger partial charge in [-0.3, -0.25) is 4.79 Å². The smallest absolute Gasteiger partial charge is 0.261 e. The maximum atomic E-state index is 11.7. The van der Waals surface area contributed by atoms with Crippen molar-refractivity contribution in [3.8, 4) is 10.4 Å². The number of thiophene rings is 1. The number of rotatable bonds is 1. The molecular weight excluding hydrogens is 234 g/mol. The number of nitrogens with zero attached hydrogens (tertiary/aromatic N) is 1. The maximum absolute atomic E-state index is 11.7. The van der Waals surface area contributed by atoms with E-state index in [4.69, 9.17) is 5.73 Å². The molecule has 1 aliphatic heterocycles. The molecule has 2 aromatic rings. The van der Waals surface area contributed by atoms with Crippen molar-refractivity contribution in [2.75, 3.05) is 12.3 Å². The molecule has 5 heteroatoms. The molecule has 17 heavy (non-hydrogen) atoms. The third-order valence-corrected chi connectivity index (χ3v) is 4.01. The normalized spacial score (nSPS) is 14.2. The molecule has 4 nitrogen and oxygen atoms in total. The van der Waals surface area contributed by atoms with E-state index in [-0.39, 0.29) is 5.91 Å². The number of hydrogen-bond donors (Lipinski definition) is 2. The molecule has 2 aromatic heterocycles. The van der Waals surface area contributed by atoms with E-state index in [1.807, 2.05) is 18.2 Å². The van der Waals surface area contributed by atoms with E-state index in [1.165, 1.54) is 11.3 Å². The highest BCUT2D eigenvalue weighted by atomic mass is 32.1. The second-order valence-corrected chi connectivity index (χ2v) is 4.96. The van der Waals surface area contributed by atoms with Crippen molar-refractivity contribution >= 4 is 23.1 Å². The lowest BCUT2D eigenvalue weighted by Crippen LogP contribution is -2.30. The minimum absolute atomic E-state index is 0.0185. The Bertz CT molecular complexity index is 591. The second kappa shape index (κ2) is 3.85. The van der Waals surface area contributed by atoms with Crippen molar-refractivity contribution in [3.05, 3.63) is 34.8 Å². The summed E-state index contributed by atoms with van der Waals surface area (Å²) in [7, 11) is 0. The zero-order valence-corrected chi connectivity index (χ0v) is 9.88. The van der Waals surface area contributed by atoms with Crippen LogP contribution in [-0.2, 0) is 6.42 Å². The molecule has 3 rings (SSSR count). The highest BCUT2D eigenvalue weighted by Gasteiger charge is 2.21. The number of fused-ring (bicyclic) bond motifs is 1. The van der Waals surface area contributed by atoms with Crippen LogP contribution in [0, 0.1) is 0 Å². The Balaban J connectivity index is 2.11. The van der Waals surface area contributed by atoms with Gasteiger partial charge in [-0.15, -0.1) is 11.3 Å². The van der Waals surface area contributed by atoms with Crippen molar-refractivity contribution in [1.82, 2.24) is 10.3 Å². The molecule has 3 N–H and O–H groups in total. The Kier molecular flexibility index (Phi) is 2.33. The van der Waals surface area contributed by atoms with E-state index in [0.717, 1.165) is 27.3 Å². The van der Waals surface area contributed by atoms with Crippen LogP contribution in [0.25, 0.3) is 10.4 Å². The monoisotopic (exact) mass is 245 g/mol. The summed E-state index contributed by atoms with van der Waals surface area (Å²) in [5.41, 5.74) is 7.85. The van der Waals surface area contributed by atoms with Gasteiger partial charge in [0.2, 0.25) is 0 Å². The summed E-state index contributed by atoms with van der Waals surface area (Å²) < 4.78 is 0. The quantitative estimate of drug-likeness (QED) is 0.803. The predicted molar refractivity (Wildman–Crippen MR) is 68.0 cm³/mol. The molecular formula is C12H11N3OS.